The van der Waals surface area contributed by atoms with E-state index in [0.29, 0.717) is 10.9 Å². The van der Waals surface area contributed by atoms with Crippen molar-refractivity contribution >= 4 is 21.6 Å². The van der Waals surface area contributed by atoms with Crippen molar-refractivity contribution in [2.75, 3.05) is 13.1 Å². The molecule has 2 heterocycles. The highest BCUT2D eigenvalue weighted by molar-refractivity contribution is 7.89. The van der Waals surface area contributed by atoms with Crippen molar-refractivity contribution in [2.24, 2.45) is 0 Å². The third-order valence-corrected chi connectivity index (χ3v) is 5.69. The van der Waals surface area contributed by atoms with Gasteiger partial charge in [-0.3, -0.25) is 0 Å². The normalized spacial score (nSPS) is 16.5. The van der Waals surface area contributed by atoms with E-state index in [4.69, 9.17) is 16.3 Å². The van der Waals surface area contributed by atoms with Crippen LogP contribution < -0.4 is 4.74 Å². The molecule has 0 atom stereocenters. The molecule has 1 fully saturated rings. The summed E-state index contributed by atoms with van der Waals surface area (Å²) in [5, 5.41) is 0.451. The molecule has 0 radical (unpaired) electrons. The van der Waals surface area contributed by atoms with Gasteiger partial charge in [0, 0.05) is 12.3 Å². The van der Waals surface area contributed by atoms with Gasteiger partial charge in [-0.25, -0.2) is 13.4 Å². The molecular weight excluding hydrogens is 381 g/mol. The van der Waals surface area contributed by atoms with Crippen LogP contribution in [0.15, 0.2) is 47.5 Å². The van der Waals surface area contributed by atoms with Crippen LogP contribution in [0.2, 0.25) is 5.02 Å². The largest absolute Gasteiger partial charge is 0.472 e. The van der Waals surface area contributed by atoms with Gasteiger partial charge in [-0.1, -0.05) is 11.6 Å². The molecular formula is C15H12ClF3N2O3S. The molecule has 1 saturated heterocycles. The van der Waals surface area contributed by atoms with Crippen LogP contribution in [-0.2, 0) is 16.2 Å². The highest BCUT2D eigenvalue weighted by atomic mass is 35.5. The van der Waals surface area contributed by atoms with Gasteiger partial charge in [0.1, 0.15) is 6.10 Å². The summed E-state index contributed by atoms with van der Waals surface area (Å²) in [7, 11) is -3.85. The molecule has 0 amide bonds. The van der Waals surface area contributed by atoms with Crippen molar-refractivity contribution in [1.29, 1.82) is 0 Å². The minimum absolute atomic E-state index is 0.0909. The lowest BCUT2D eigenvalue weighted by Crippen LogP contribution is -2.56. The van der Waals surface area contributed by atoms with Gasteiger partial charge < -0.3 is 4.74 Å². The molecule has 0 bridgehead atoms. The zero-order chi connectivity index (χ0) is 18.2. The second kappa shape index (κ2) is 6.47. The summed E-state index contributed by atoms with van der Waals surface area (Å²) in [5.41, 5.74) is -0.898. The predicted octanol–water partition coefficient (Wildman–Crippen LogP) is 3.21. The molecule has 134 valence electrons. The number of aromatic nitrogens is 1. The minimum atomic E-state index is -4.51. The van der Waals surface area contributed by atoms with E-state index in [-0.39, 0.29) is 24.1 Å². The molecule has 0 saturated carbocycles. The molecule has 0 unspecified atom stereocenters. The van der Waals surface area contributed by atoms with E-state index in [9.17, 15) is 21.6 Å². The van der Waals surface area contributed by atoms with Gasteiger partial charge in [0.05, 0.1) is 28.6 Å². The van der Waals surface area contributed by atoms with E-state index in [2.05, 4.69) is 4.98 Å². The first-order valence-corrected chi connectivity index (χ1v) is 8.94. The smallest absolute Gasteiger partial charge is 0.416 e. The lowest BCUT2D eigenvalue weighted by Gasteiger charge is -2.37. The molecule has 10 heteroatoms. The van der Waals surface area contributed by atoms with Crippen molar-refractivity contribution < 1.29 is 26.3 Å². The Balaban J connectivity index is 1.64. The van der Waals surface area contributed by atoms with E-state index in [1.807, 2.05) is 0 Å². The average molecular weight is 393 g/mol. The van der Waals surface area contributed by atoms with Crippen LogP contribution in [0.5, 0.6) is 5.88 Å². The molecule has 0 spiro atoms. The van der Waals surface area contributed by atoms with E-state index in [1.54, 1.807) is 12.1 Å². The number of alkyl halides is 3. The molecule has 1 aromatic carbocycles. The van der Waals surface area contributed by atoms with Crippen molar-refractivity contribution in [1.82, 2.24) is 9.29 Å². The molecule has 1 aliphatic heterocycles. The van der Waals surface area contributed by atoms with E-state index in [0.717, 1.165) is 28.6 Å². The van der Waals surface area contributed by atoms with Crippen LogP contribution in [0.3, 0.4) is 0 Å². The number of halogens is 4. The first kappa shape index (κ1) is 18.0. The zero-order valence-electron chi connectivity index (χ0n) is 12.6. The summed E-state index contributed by atoms with van der Waals surface area (Å²) < 4.78 is 69.0. The number of sulfonamides is 1. The maximum absolute atomic E-state index is 12.5. The summed E-state index contributed by atoms with van der Waals surface area (Å²) in [4.78, 5) is 3.76. The molecule has 1 aromatic heterocycles. The summed E-state index contributed by atoms with van der Waals surface area (Å²) in [6.45, 7) is 0.182. The number of nitrogens with zero attached hydrogens (tertiary/aromatic N) is 2. The van der Waals surface area contributed by atoms with Gasteiger partial charge in [-0.05, 0) is 30.3 Å². The summed E-state index contributed by atoms with van der Waals surface area (Å²) in [6.07, 6.45) is -3.48. The highest BCUT2D eigenvalue weighted by Gasteiger charge is 2.39. The number of pyridine rings is 1. The Morgan fingerprint density at radius 2 is 1.76 bits per heavy atom. The average Bonchev–Trinajstić information content (AvgIpc) is 2.51. The standard InChI is InChI=1S/C15H12ClF3N2O3S/c16-11-3-6-14(20-7-11)24-12-8-21(9-12)25(22,23)13-4-1-10(2-5-13)15(17,18)19/h1-7,12H,8-9H2. The lowest BCUT2D eigenvalue weighted by atomic mass is 10.2. The minimum Gasteiger partial charge on any atom is -0.472 e. The van der Waals surface area contributed by atoms with Crippen LogP contribution >= 0.6 is 11.6 Å². The third kappa shape index (κ3) is 3.88. The molecule has 25 heavy (non-hydrogen) atoms. The Labute approximate surface area is 147 Å². The van der Waals surface area contributed by atoms with Crippen LogP contribution in [0.4, 0.5) is 13.2 Å². The van der Waals surface area contributed by atoms with E-state index in [1.165, 1.54) is 6.20 Å². The molecule has 3 rings (SSSR count). The van der Waals surface area contributed by atoms with Gasteiger partial charge in [0.2, 0.25) is 15.9 Å². The first-order chi connectivity index (χ1) is 11.7. The van der Waals surface area contributed by atoms with Crippen LogP contribution in [0.1, 0.15) is 5.56 Å². The zero-order valence-corrected chi connectivity index (χ0v) is 14.1. The fourth-order valence-corrected chi connectivity index (χ4v) is 3.85. The van der Waals surface area contributed by atoms with Crippen molar-refractivity contribution in [3.8, 4) is 5.88 Å². The van der Waals surface area contributed by atoms with Gasteiger partial charge in [0.25, 0.3) is 0 Å². The first-order valence-electron chi connectivity index (χ1n) is 7.12. The van der Waals surface area contributed by atoms with Crippen LogP contribution in [0, 0.1) is 0 Å². The third-order valence-electron chi connectivity index (χ3n) is 3.62. The van der Waals surface area contributed by atoms with E-state index >= 15 is 0 Å². The number of hydrogen-bond donors (Lipinski definition) is 0. The fourth-order valence-electron chi connectivity index (χ4n) is 2.24. The van der Waals surface area contributed by atoms with Gasteiger partial charge in [-0.15, -0.1) is 0 Å². The van der Waals surface area contributed by atoms with E-state index < -0.39 is 21.8 Å². The predicted molar refractivity (Wildman–Crippen MR) is 83.9 cm³/mol. The monoisotopic (exact) mass is 392 g/mol. The van der Waals surface area contributed by atoms with Crippen molar-refractivity contribution in [3.63, 3.8) is 0 Å². The molecule has 2 aromatic rings. The number of hydrogen-bond acceptors (Lipinski definition) is 4. The molecule has 0 N–H and O–H groups in total. The Hall–Kier alpha value is -1.84. The summed E-state index contributed by atoms with van der Waals surface area (Å²) in [5.74, 6) is 0.320. The van der Waals surface area contributed by atoms with Crippen molar-refractivity contribution in [3.05, 3.63) is 53.2 Å². The second-order valence-corrected chi connectivity index (χ2v) is 7.77. The Kier molecular flexibility index (Phi) is 4.65. The second-order valence-electron chi connectivity index (χ2n) is 5.40. The fraction of sp³-hybridized carbons (Fsp3) is 0.267. The number of rotatable bonds is 4. The van der Waals surface area contributed by atoms with Crippen molar-refractivity contribution in [2.45, 2.75) is 17.2 Å². The summed E-state index contributed by atoms with van der Waals surface area (Å²) >= 11 is 5.71. The topological polar surface area (TPSA) is 59.5 Å². The Morgan fingerprint density at radius 1 is 1.12 bits per heavy atom. The summed E-state index contributed by atoms with van der Waals surface area (Å²) in [6, 6.07) is 6.56. The molecule has 5 nitrogen and oxygen atoms in total. The maximum atomic E-state index is 12.5. The number of ether oxygens (including phenoxy) is 1. The highest BCUT2D eigenvalue weighted by Crippen LogP contribution is 2.31. The van der Waals surface area contributed by atoms with Gasteiger partial charge in [0.15, 0.2) is 0 Å². The van der Waals surface area contributed by atoms with Gasteiger partial charge in [-0.2, -0.15) is 17.5 Å². The van der Waals surface area contributed by atoms with Crippen LogP contribution in [0.25, 0.3) is 0 Å². The van der Waals surface area contributed by atoms with Crippen LogP contribution in [-0.4, -0.2) is 36.9 Å². The molecule has 1 aliphatic rings. The number of benzene rings is 1. The molecule has 0 aliphatic carbocycles. The lowest BCUT2D eigenvalue weighted by molar-refractivity contribution is -0.137. The van der Waals surface area contributed by atoms with Gasteiger partial charge >= 0.3 is 6.18 Å². The maximum Gasteiger partial charge on any atom is 0.416 e. The quantitative estimate of drug-likeness (QED) is 0.801. The Bertz CT molecular complexity index is 849. The SMILES string of the molecule is O=S(=O)(c1ccc(C(F)(F)F)cc1)N1CC(Oc2ccc(Cl)cn2)C1. The Morgan fingerprint density at radius 3 is 2.28 bits per heavy atom.